The average molecular weight is 393 g/mol. The SMILES string of the molecule is CN(C)CCCNC(=O)c1cncc(C(=O)NCCc2c[nH]c3ccccc23)c1. The summed E-state index contributed by atoms with van der Waals surface area (Å²) in [6, 6.07) is 9.66. The van der Waals surface area contributed by atoms with E-state index in [4.69, 9.17) is 0 Å². The van der Waals surface area contributed by atoms with Gasteiger partial charge in [0.1, 0.15) is 0 Å². The number of hydrogen-bond donors (Lipinski definition) is 3. The van der Waals surface area contributed by atoms with Crippen LogP contribution in [0.4, 0.5) is 0 Å². The number of para-hydroxylation sites is 1. The van der Waals surface area contributed by atoms with Gasteiger partial charge >= 0.3 is 0 Å². The molecule has 3 N–H and O–H groups in total. The van der Waals surface area contributed by atoms with Crippen LogP contribution in [0.5, 0.6) is 0 Å². The highest BCUT2D eigenvalue weighted by Crippen LogP contribution is 2.17. The molecule has 0 atom stereocenters. The predicted octanol–water partition coefficient (Wildman–Crippen LogP) is 2.22. The monoisotopic (exact) mass is 393 g/mol. The Morgan fingerprint density at radius 1 is 1.03 bits per heavy atom. The van der Waals surface area contributed by atoms with Crippen molar-refractivity contribution in [1.29, 1.82) is 0 Å². The van der Waals surface area contributed by atoms with E-state index in [-0.39, 0.29) is 11.8 Å². The van der Waals surface area contributed by atoms with Gasteiger partial charge in [0.05, 0.1) is 11.1 Å². The first-order valence-electron chi connectivity index (χ1n) is 9.76. The van der Waals surface area contributed by atoms with Crippen LogP contribution < -0.4 is 10.6 Å². The molecule has 0 spiro atoms. The molecule has 0 fully saturated rings. The van der Waals surface area contributed by atoms with Gasteiger partial charge in [0.25, 0.3) is 11.8 Å². The minimum atomic E-state index is -0.236. The van der Waals surface area contributed by atoms with Crippen LogP contribution in [0.1, 0.15) is 32.7 Å². The van der Waals surface area contributed by atoms with E-state index in [1.807, 2.05) is 38.5 Å². The summed E-state index contributed by atoms with van der Waals surface area (Å²) in [6.07, 6.45) is 6.50. The molecule has 3 aromatic rings. The molecule has 2 heterocycles. The molecule has 152 valence electrons. The molecule has 0 saturated heterocycles. The summed E-state index contributed by atoms with van der Waals surface area (Å²) in [7, 11) is 3.98. The van der Waals surface area contributed by atoms with Gasteiger partial charge in [0, 0.05) is 42.6 Å². The smallest absolute Gasteiger partial charge is 0.252 e. The summed E-state index contributed by atoms with van der Waals surface area (Å²) in [6.45, 7) is 1.98. The molecule has 0 saturated carbocycles. The molecular weight excluding hydrogens is 366 g/mol. The third-order valence-corrected chi connectivity index (χ3v) is 4.69. The number of carbonyl (C=O) groups is 2. The number of pyridine rings is 1. The third-order valence-electron chi connectivity index (χ3n) is 4.69. The highest BCUT2D eigenvalue weighted by Gasteiger charge is 2.11. The van der Waals surface area contributed by atoms with Gasteiger partial charge in [-0.3, -0.25) is 14.6 Å². The van der Waals surface area contributed by atoms with Crippen LogP contribution in [0, 0.1) is 0 Å². The van der Waals surface area contributed by atoms with Gasteiger partial charge in [0.2, 0.25) is 0 Å². The Bertz CT molecular complexity index is 980. The predicted molar refractivity (Wildman–Crippen MR) is 114 cm³/mol. The van der Waals surface area contributed by atoms with Crippen LogP contribution in [0.25, 0.3) is 10.9 Å². The van der Waals surface area contributed by atoms with Crippen molar-refractivity contribution in [1.82, 2.24) is 25.5 Å². The highest BCUT2D eigenvalue weighted by molar-refractivity contribution is 5.99. The van der Waals surface area contributed by atoms with Crippen molar-refractivity contribution in [3.8, 4) is 0 Å². The fourth-order valence-electron chi connectivity index (χ4n) is 3.14. The lowest BCUT2D eigenvalue weighted by Crippen LogP contribution is -2.28. The minimum Gasteiger partial charge on any atom is -0.361 e. The molecule has 0 aliphatic heterocycles. The van der Waals surface area contributed by atoms with Crippen molar-refractivity contribution >= 4 is 22.7 Å². The lowest BCUT2D eigenvalue weighted by molar-refractivity contribution is 0.0952. The van der Waals surface area contributed by atoms with Crippen LogP contribution in [-0.4, -0.2) is 60.4 Å². The molecule has 7 heteroatoms. The number of amides is 2. The number of hydrogen-bond acceptors (Lipinski definition) is 4. The summed E-state index contributed by atoms with van der Waals surface area (Å²) >= 11 is 0. The summed E-state index contributed by atoms with van der Waals surface area (Å²) in [5.41, 5.74) is 3.01. The van der Waals surface area contributed by atoms with E-state index in [0.717, 1.165) is 35.9 Å². The van der Waals surface area contributed by atoms with Gasteiger partial charge in [-0.25, -0.2) is 0 Å². The highest BCUT2D eigenvalue weighted by atomic mass is 16.2. The average Bonchev–Trinajstić information content (AvgIpc) is 3.14. The van der Waals surface area contributed by atoms with Gasteiger partial charge in [-0.05, 0) is 51.2 Å². The van der Waals surface area contributed by atoms with Crippen molar-refractivity contribution in [2.75, 3.05) is 33.7 Å². The summed E-state index contributed by atoms with van der Waals surface area (Å²) in [5, 5.41) is 6.92. The molecule has 29 heavy (non-hydrogen) atoms. The maximum absolute atomic E-state index is 12.5. The zero-order chi connectivity index (χ0) is 20.6. The van der Waals surface area contributed by atoms with E-state index in [2.05, 4.69) is 31.6 Å². The number of nitrogens with zero attached hydrogens (tertiary/aromatic N) is 2. The molecular formula is C22H27N5O2. The number of benzene rings is 1. The first kappa shape index (κ1) is 20.5. The summed E-state index contributed by atoms with van der Waals surface area (Å²) < 4.78 is 0. The normalized spacial score (nSPS) is 11.0. The maximum Gasteiger partial charge on any atom is 0.252 e. The molecule has 0 unspecified atom stereocenters. The van der Waals surface area contributed by atoms with Crippen LogP contribution in [0.15, 0.2) is 48.9 Å². The molecule has 3 rings (SSSR count). The molecule has 7 nitrogen and oxygen atoms in total. The molecule has 0 radical (unpaired) electrons. The number of nitrogens with one attached hydrogen (secondary N) is 3. The molecule has 2 amide bonds. The van der Waals surface area contributed by atoms with Gasteiger partial charge in [-0.2, -0.15) is 0 Å². The second kappa shape index (κ2) is 9.84. The molecule has 0 aliphatic carbocycles. The zero-order valence-corrected chi connectivity index (χ0v) is 16.9. The van der Waals surface area contributed by atoms with E-state index in [0.29, 0.717) is 24.2 Å². The Morgan fingerprint density at radius 3 is 2.45 bits per heavy atom. The van der Waals surface area contributed by atoms with Crippen molar-refractivity contribution < 1.29 is 9.59 Å². The molecule has 0 aliphatic rings. The van der Waals surface area contributed by atoms with Gasteiger partial charge in [-0.15, -0.1) is 0 Å². The van der Waals surface area contributed by atoms with E-state index in [1.54, 1.807) is 6.07 Å². The number of carbonyl (C=O) groups excluding carboxylic acids is 2. The summed E-state index contributed by atoms with van der Waals surface area (Å²) in [4.78, 5) is 34.1. The van der Waals surface area contributed by atoms with Crippen molar-refractivity contribution in [3.63, 3.8) is 0 Å². The van der Waals surface area contributed by atoms with Crippen LogP contribution in [0.2, 0.25) is 0 Å². The van der Waals surface area contributed by atoms with Crippen molar-refractivity contribution in [2.24, 2.45) is 0 Å². The second-order valence-electron chi connectivity index (χ2n) is 7.24. The third kappa shape index (κ3) is 5.65. The lowest BCUT2D eigenvalue weighted by atomic mass is 10.1. The lowest BCUT2D eigenvalue weighted by Gasteiger charge is -2.10. The van der Waals surface area contributed by atoms with E-state index in [9.17, 15) is 9.59 Å². The van der Waals surface area contributed by atoms with Gasteiger partial charge < -0.3 is 20.5 Å². The first-order valence-corrected chi connectivity index (χ1v) is 9.76. The minimum absolute atomic E-state index is 0.218. The fraction of sp³-hybridized carbons (Fsp3) is 0.318. The van der Waals surface area contributed by atoms with Gasteiger partial charge in [-0.1, -0.05) is 18.2 Å². The maximum atomic E-state index is 12.5. The van der Waals surface area contributed by atoms with E-state index < -0.39 is 0 Å². The Kier molecular flexibility index (Phi) is 6.97. The number of rotatable bonds is 9. The number of aromatic nitrogens is 2. The number of fused-ring (bicyclic) bond motifs is 1. The van der Waals surface area contributed by atoms with E-state index >= 15 is 0 Å². The first-order chi connectivity index (χ1) is 14.0. The Hall–Kier alpha value is -3.19. The van der Waals surface area contributed by atoms with Crippen LogP contribution >= 0.6 is 0 Å². The zero-order valence-electron chi connectivity index (χ0n) is 16.9. The topological polar surface area (TPSA) is 90.1 Å². The van der Waals surface area contributed by atoms with Crippen molar-refractivity contribution in [2.45, 2.75) is 12.8 Å². The Balaban J connectivity index is 1.51. The largest absolute Gasteiger partial charge is 0.361 e. The summed E-state index contributed by atoms with van der Waals surface area (Å²) in [5.74, 6) is -0.454. The second-order valence-corrected chi connectivity index (χ2v) is 7.24. The van der Waals surface area contributed by atoms with Crippen LogP contribution in [-0.2, 0) is 6.42 Å². The number of H-pyrrole nitrogens is 1. The Morgan fingerprint density at radius 2 is 1.72 bits per heavy atom. The molecule has 2 aromatic heterocycles. The van der Waals surface area contributed by atoms with Crippen LogP contribution in [0.3, 0.4) is 0 Å². The van der Waals surface area contributed by atoms with E-state index in [1.165, 1.54) is 12.4 Å². The van der Waals surface area contributed by atoms with Crippen molar-refractivity contribution in [3.05, 3.63) is 65.6 Å². The quantitative estimate of drug-likeness (QED) is 0.486. The molecule has 0 bridgehead atoms. The van der Waals surface area contributed by atoms with Gasteiger partial charge in [0.15, 0.2) is 0 Å². The number of aromatic amines is 1. The fourth-order valence-corrected chi connectivity index (χ4v) is 3.14. The standard InChI is InChI=1S/C22H27N5O2/c1-27(2)11-5-9-24-21(28)17-12-18(14-23-13-17)22(29)25-10-8-16-15-26-20-7-4-3-6-19(16)20/h3-4,6-7,12-15,26H,5,8-11H2,1-2H3,(H,24,28)(H,25,29). The molecule has 1 aromatic carbocycles. The Labute approximate surface area is 170 Å².